The first-order chi connectivity index (χ1) is 6.09. The Balaban J connectivity index is 2.69. The van der Waals surface area contributed by atoms with Crippen LogP contribution in [0.1, 0.15) is 5.56 Å². The lowest BCUT2D eigenvalue weighted by molar-refractivity contribution is -0.146. The van der Waals surface area contributed by atoms with Crippen molar-refractivity contribution in [2.45, 2.75) is 12.5 Å². The van der Waals surface area contributed by atoms with E-state index in [0.717, 1.165) is 4.47 Å². The monoisotopic (exact) mass is 245 g/mol. The highest BCUT2D eigenvalue weighted by atomic mass is 79.9. The molecule has 0 aliphatic heterocycles. The van der Waals surface area contributed by atoms with Crippen molar-refractivity contribution in [1.29, 1.82) is 0 Å². The molecule has 70 valence electrons. The highest BCUT2D eigenvalue weighted by Crippen LogP contribution is 2.11. The van der Waals surface area contributed by atoms with E-state index in [1.807, 2.05) is 0 Å². The summed E-state index contributed by atoms with van der Waals surface area (Å²) in [5.74, 6) is -1.22. The van der Waals surface area contributed by atoms with E-state index in [-0.39, 0.29) is 6.42 Å². The molecule has 0 unspecified atom stereocenters. The number of aliphatic hydroxyl groups is 1. The van der Waals surface area contributed by atoms with Gasteiger partial charge in [0.25, 0.3) is 0 Å². The van der Waals surface area contributed by atoms with E-state index in [0.29, 0.717) is 5.56 Å². The molecule has 1 aromatic rings. The van der Waals surface area contributed by atoms with Crippen molar-refractivity contribution in [3.05, 3.63) is 28.5 Å². The Kier molecular flexibility index (Phi) is 3.39. The molecule has 1 aromatic heterocycles. The number of rotatable bonds is 3. The summed E-state index contributed by atoms with van der Waals surface area (Å²) in [6.45, 7) is 0. The van der Waals surface area contributed by atoms with Crippen molar-refractivity contribution in [1.82, 2.24) is 4.98 Å². The first-order valence-electron chi connectivity index (χ1n) is 3.60. The molecule has 0 aliphatic rings. The molecular weight excluding hydrogens is 238 g/mol. The number of halogens is 1. The molecule has 0 amide bonds. The molecule has 13 heavy (non-hydrogen) atoms. The molecule has 0 spiro atoms. The molecule has 0 bridgehead atoms. The number of carbonyl (C=O) groups is 1. The second-order valence-corrected chi connectivity index (χ2v) is 3.49. The fraction of sp³-hybridized carbons (Fsp3) is 0.250. The topological polar surface area (TPSA) is 70.4 Å². The number of pyridine rings is 1. The van der Waals surface area contributed by atoms with Gasteiger partial charge in [0.1, 0.15) is 0 Å². The molecule has 1 rings (SSSR count). The summed E-state index contributed by atoms with van der Waals surface area (Å²) in [4.78, 5) is 14.2. The maximum Gasteiger partial charge on any atom is 0.332 e. The van der Waals surface area contributed by atoms with Crippen LogP contribution in [0.4, 0.5) is 0 Å². The standard InChI is InChI=1S/C8H8BrNO3/c9-6-1-5(3-10-4-6)2-7(11)8(12)13/h1,3-4,7,11H,2H2,(H,12,13)/t7-/m0/s1. The largest absolute Gasteiger partial charge is 0.479 e. The number of hydrogen-bond acceptors (Lipinski definition) is 3. The number of carboxylic acids is 1. The molecular formula is C8H8BrNO3. The zero-order chi connectivity index (χ0) is 9.84. The van der Waals surface area contributed by atoms with Gasteiger partial charge in [-0.05, 0) is 27.6 Å². The number of aliphatic hydroxyl groups excluding tert-OH is 1. The molecule has 0 radical (unpaired) electrons. The molecule has 5 heteroatoms. The lowest BCUT2D eigenvalue weighted by atomic mass is 10.1. The van der Waals surface area contributed by atoms with Gasteiger partial charge in [0.05, 0.1) is 0 Å². The molecule has 0 aliphatic carbocycles. The molecule has 1 atom stereocenters. The SMILES string of the molecule is O=C(O)[C@@H](O)Cc1cncc(Br)c1. The van der Waals surface area contributed by atoms with Gasteiger partial charge in [-0.2, -0.15) is 0 Å². The van der Waals surface area contributed by atoms with E-state index in [1.54, 1.807) is 12.3 Å². The lowest BCUT2D eigenvalue weighted by Gasteiger charge is -2.04. The van der Waals surface area contributed by atoms with Gasteiger partial charge in [-0.3, -0.25) is 4.98 Å². The molecule has 0 fully saturated rings. The van der Waals surface area contributed by atoms with Crippen molar-refractivity contribution in [3.63, 3.8) is 0 Å². The third-order valence-electron chi connectivity index (χ3n) is 1.48. The zero-order valence-corrected chi connectivity index (χ0v) is 8.23. The van der Waals surface area contributed by atoms with Gasteiger partial charge < -0.3 is 10.2 Å². The van der Waals surface area contributed by atoms with Crippen LogP contribution in [0.15, 0.2) is 22.9 Å². The van der Waals surface area contributed by atoms with Crippen LogP contribution in [-0.4, -0.2) is 27.3 Å². The number of aliphatic carboxylic acids is 1. The highest BCUT2D eigenvalue weighted by Gasteiger charge is 2.13. The van der Waals surface area contributed by atoms with E-state index in [2.05, 4.69) is 20.9 Å². The Morgan fingerprint density at radius 1 is 1.62 bits per heavy atom. The quantitative estimate of drug-likeness (QED) is 0.828. The van der Waals surface area contributed by atoms with Crippen LogP contribution in [-0.2, 0) is 11.2 Å². The van der Waals surface area contributed by atoms with E-state index in [9.17, 15) is 4.79 Å². The fourth-order valence-corrected chi connectivity index (χ4v) is 1.29. The van der Waals surface area contributed by atoms with Crippen molar-refractivity contribution in [3.8, 4) is 0 Å². The van der Waals surface area contributed by atoms with Gasteiger partial charge in [-0.25, -0.2) is 4.79 Å². The van der Waals surface area contributed by atoms with Crippen molar-refractivity contribution in [2.24, 2.45) is 0 Å². The second-order valence-electron chi connectivity index (χ2n) is 2.57. The summed E-state index contributed by atoms with van der Waals surface area (Å²) in [6, 6.07) is 1.72. The number of aromatic nitrogens is 1. The minimum Gasteiger partial charge on any atom is -0.479 e. The van der Waals surface area contributed by atoms with Gasteiger partial charge >= 0.3 is 5.97 Å². The molecule has 1 heterocycles. The van der Waals surface area contributed by atoms with Crippen LogP contribution in [0.3, 0.4) is 0 Å². The Bertz CT molecular complexity index is 316. The summed E-state index contributed by atoms with van der Waals surface area (Å²) in [5.41, 5.74) is 0.685. The fourth-order valence-electron chi connectivity index (χ4n) is 0.878. The summed E-state index contributed by atoms with van der Waals surface area (Å²) in [6.07, 6.45) is 1.83. The highest BCUT2D eigenvalue weighted by molar-refractivity contribution is 9.10. The average molecular weight is 246 g/mol. The van der Waals surface area contributed by atoms with Crippen LogP contribution >= 0.6 is 15.9 Å². The minimum absolute atomic E-state index is 0.0712. The molecule has 0 saturated heterocycles. The van der Waals surface area contributed by atoms with Crippen molar-refractivity contribution in [2.75, 3.05) is 0 Å². The number of hydrogen-bond donors (Lipinski definition) is 2. The first kappa shape index (κ1) is 10.1. The third kappa shape index (κ3) is 3.12. The Morgan fingerprint density at radius 3 is 2.85 bits per heavy atom. The predicted molar refractivity (Wildman–Crippen MR) is 49.3 cm³/mol. The molecule has 0 saturated carbocycles. The molecule has 4 nitrogen and oxygen atoms in total. The summed E-state index contributed by atoms with van der Waals surface area (Å²) in [5, 5.41) is 17.5. The molecule has 2 N–H and O–H groups in total. The maximum atomic E-state index is 10.3. The number of nitrogens with zero attached hydrogens (tertiary/aromatic N) is 1. The van der Waals surface area contributed by atoms with Crippen LogP contribution in [0, 0.1) is 0 Å². The Morgan fingerprint density at radius 2 is 2.31 bits per heavy atom. The Labute approximate surface area is 83.4 Å². The van der Waals surface area contributed by atoms with E-state index in [1.165, 1.54) is 6.20 Å². The Hall–Kier alpha value is -0.940. The van der Waals surface area contributed by atoms with Gasteiger partial charge in [-0.15, -0.1) is 0 Å². The van der Waals surface area contributed by atoms with Gasteiger partial charge in [0.15, 0.2) is 6.10 Å². The third-order valence-corrected chi connectivity index (χ3v) is 1.91. The minimum atomic E-state index is -1.36. The smallest absolute Gasteiger partial charge is 0.332 e. The molecule has 0 aromatic carbocycles. The normalized spacial score (nSPS) is 12.5. The summed E-state index contributed by atoms with van der Waals surface area (Å²) in [7, 11) is 0. The van der Waals surface area contributed by atoms with Crippen LogP contribution in [0.25, 0.3) is 0 Å². The van der Waals surface area contributed by atoms with Crippen LogP contribution in [0.5, 0.6) is 0 Å². The maximum absolute atomic E-state index is 10.3. The van der Waals surface area contributed by atoms with Gasteiger partial charge in [0, 0.05) is 23.3 Å². The summed E-state index contributed by atoms with van der Waals surface area (Å²) < 4.78 is 0.766. The van der Waals surface area contributed by atoms with E-state index >= 15 is 0 Å². The first-order valence-corrected chi connectivity index (χ1v) is 4.39. The van der Waals surface area contributed by atoms with Crippen LogP contribution < -0.4 is 0 Å². The van der Waals surface area contributed by atoms with Gasteiger partial charge in [0.2, 0.25) is 0 Å². The summed E-state index contributed by atoms with van der Waals surface area (Å²) >= 11 is 3.20. The zero-order valence-electron chi connectivity index (χ0n) is 6.64. The number of carboxylic acid groups (broad SMARTS) is 1. The average Bonchev–Trinajstić information content (AvgIpc) is 2.04. The van der Waals surface area contributed by atoms with Crippen LogP contribution in [0.2, 0.25) is 0 Å². The lowest BCUT2D eigenvalue weighted by Crippen LogP contribution is -2.21. The van der Waals surface area contributed by atoms with Crippen molar-refractivity contribution >= 4 is 21.9 Å². The predicted octanol–water partition coefficient (Wildman–Crippen LogP) is 0.832. The van der Waals surface area contributed by atoms with E-state index < -0.39 is 12.1 Å². The second kappa shape index (κ2) is 4.34. The van der Waals surface area contributed by atoms with E-state index in [4.69, 9.17) is 10.2 Å². The van der Waals surface area contributed by atoms with Crippen molar-refractivity contribution < 1.29 is 15.0 Å². The van der Waals surface area contributed by atoms with Gasteiger partial charge in [-0.1, -0.05) is 0 Å².